The number of alkyl halides is 2. The SMILES string of the molecule is CC1C(CNS(C)(=O)=O)NCCN1c1cc(-c2cnc3ccc(C(F)F)nn23)ncn1. The molecular weight excluding hydrogens is 430 g/mol. The molecule has 4 rings (SSSR count). The maximum absolute atomic E-state index is 13.1. The first-order chi connectivity index (χ1) is 14.7. The third-order valence-corrected chi connectivity index (χ3v) is 5.91. The predicted molar refractivity (Wildman–Crippen MR) is 110 cm³/mol. The number of rotatable bonds is 6. The first-order valence-corrected chi connectivity index (χ1v) is 11.5. The summed E-state index contributed by atoms with van der Waals surface area (Å²) in [6.07, 6.45) is 1.36. The number of nitrogens with one attached hydrogen (secondary N) is 2. The number of imidazole rings is 1. The van der Waals surface area contributed by atoms with Crippen molar-refractivity contribution in [1.82, 2.24) is 34.6 Å². The highest BCUT2D eigenvalue weighted by Gasteiger charge is 2.29. The van der Waals surface area contributed by atoms with Gasteiger partial charge in [-0.25, -0.2) is 41.4 Å². The zero-order chi connectivity index (χ0) is 22.2. The van der Waals surface area contributed by atoms with Crippen LogP contribution in [-0.4, -0.2) is 71.0 Å². The molecule has 0 radical (unpaired) electrons. The third kappa shape index (κ3) is 4.62. The molecule has 1 fully saturated rings. The van der Waals surface area contributed by atoms with E-state index in [4.69, 9.17) is 0 Å². The Balaban J connectivity index is 1.63. The lowest BCUT2D eigenvalue weighted by Gasteiger charge is -2.40. The van der Waals surface area contributed by atoms with Crippen molar-refractivity contribution in [3.05, 3.63) is 36.4 Å². The van der Waals surface area contributed by atoms with Crippen LogP contribution < -0.4 is 14.9 Å². The molecule has 2 N–H and O–H groups in total. The molecule has 0 saturated carbocycles. The Bertz CT molecular complexity index is 1190. The monoisotopic (exact) mass is 452 g/mol. The molecule has 0 amide bonds. The van der Waals surface area contributed by atoms with E-state index in [0.29, 0.717) is 35.9 Å². The quantitative estimate of drug-likeness (QED) is 0.565. The van der Waals surface area contributed by atoms with Crippen LogP contribution in [-0.2, 0) is 10.0 Å². The van der Waals surface area contributed by atoms with E-state index in [1.807, 2.05) is 6.92 Å². The Morgan fingerprint density at radius 3 is 2.84 bits per heavy atom. The zero-order valence-corrected chi connectivity index (χ0v) is 17.7. The summed E-state index contributed by atoms with van der Waals surface area (Å²) in [6, 6.07) is 4.31. The largest absolute Gasteiger partial charge is 0.351 e. The molecule has 4 heterocycles. The van der Waals surface area contributed by atoms with Gasteiger partial charge in [0.1, 0.15) is 23.5 Å². The lowest BCUT2D eigenvalue weighted by Crippen LogP contribution is -2.60. The Morgan fingerprint density at radius 1 is 1.29 bits per heavy atom. The number of fused-ring (bicyclic) bond motifs is 1. The van der Waals surface area contributed by atoms with E-state index in [9.17, 15) is 17.2 Å². The second kappa shape index (κ2) is 8.40. The van der Waals surface area contributed by atoms with Gasteiger partial charge in [0.2, 0.25) is 10.0 Å². The van der Waals surface area contributed by atoms with Gasteiger partial charge >= 0.3 is 0 Å². The summed E-state index contributed by atoms with van der Waals surface area (Å²) in [7, 11) is -3.30. The first kappa shape index (κ1) is 21.5. The minimum atomic E-state index is -3.30. The van der Waals surface area contributed by atoms with Crippen LogP contribution in [0.15, 0.2) is 30.7 Å². The zero-order valence-electron chi connectivity index (χ0n) is 16.9. The highest BCUT2D eigenvalue weighted by molar-refractivity contribution is 7.88. The Morgan fingerprint density at radius 2 is 2.10 bits per heavy atom. The van der Waals surface area contributed by atoms with E-state index >= 15 is 0 Å². The van der Waals surface area contributed by atoms with Crippen molar-refractivity contribution in [2.45, 2.75) is 25.4 Å². The van der Waals surface area contributed by atoms with Crippen LogP contribution in [0.1, 0.15) is 19.0 Å². The molecular formula is C18H22F2N8O2S. The van der Waals surface area contributed by atoms with Crippen LogP contribution in [0.2, 0.25) is 0 Å². The van der Waals surface area contributed by atoms with Crippen LogP contribution >= 0.6 is 0 Å². The van der Waals surface area contributed by atoms with Gasteiger partial charge in [0, 0.05) is 37.8 Å². The van der Waals surface area contributed by atoms with Gasteiger partial charge < -0.3 is 10.2 Å². The standard InChI is InChI=1S/C18H22F2N8O2S/c1-11-14(8-25-31(2,29)30)21-5-6-27(11)17-7-13(23-10-24-17)15-9-22-16-4-3-12(18(19)20)26-28(15)16/h3-4,7,9-11,14,18,21,25H,5-6,8H2,1-2H3. The molecule has 31 heavy (non-hydrogen) atoms. The van der Waals surface area contributed by atoms with Crippen LogP contribution in [0.5, 0.6) is 0 Å². The molecule has 166 valence electrons. The summed E-state index contributed by atoms with van der Waals surface area (Å²) < 4.78 is 52.9. The molecule has 2 atom stereocenters. The lowest BCUT2D eigenvalue weighted by atomic mass is 10.1. The molecule has 10 nitrogen and oxygen atoms in total. The molecule has 0 aliphatic carbocycles. The fraction of sp³-hybridized carbons (Fsp3) is 0.444. The van der Waals surface area contributed by atoms with E-state index in [2.05, 4.69) is 35.0 Å². The summed E-state index contributed by atoms with van der Waals surface area (Å²) in [6.45, 7) is 3.54. The lowest BCUT2D eigenvalue weighted by molar-refractivity contribution is 0.144. The number of hydrogen-bond donors (Lipinski definition) is 2. The number of sulfonamides is 1. The van der Waals surface area contributed by atoms with Crippen LogP contribution in [0.3, 0.4) is 0 Å². The summed E-state index contributed by atoms with van der Waals surface area (Å²) in [5.74, 6) is 0.642. The number of nitrogens with zero attached hydrogens (tertiary/aromatic N) is 6. The normalized spacial score (nSPS) is 20.0. The van der Waals surface area contributed by atoms with Crippen molar-refractivity contribution < 1.29 is 17.2 Å². The minimum Gasteiger partial charge on any atom is -0.351 e. The maximum Gasteiger partial charge on any atom is 0.282 e. The van der Waals surface area contributed by atoms with Gasteiger partial charge in [0.05, 0.1) is 18.1 Å². The fourth-order valence-electron chi connectivity index (χ4n) is 3.59. The van der Waals surface area contributed by atoms with Crippen molar-refractivity contribution in [3.63, 3.8) is 0 Å². The molecule has 13 heteroatoms. The van der Waals surface area contributed by atoms with Crippen molar-refractivity contribution in [3.8, 4) is 11.4 Å². The molecule has 3 aromatic rings. The first-order valence-electron chi connectivity index (χ1n) is 9.63. The van der Waals surface area contributed by atoms with E-state index < -0.39 is 16.4 Å². The second-order valence-electron chi connectivity index (χ2n) is 7.35. The number of hydrogen-bond acceptors (Lipinski definition) is 8. The summed E-state index contributed by atoms with van der Waals surface area (Å²) >= 11 is 0. The Labute approximate surface area is 177 Å². The molecule has 3 aromatic heterocycles. The number of anilines is 1. The van der Waals surface area contributed by atoms with Gasteiger partial charge in [0.25, 0.3) is 6.43 Å². The van der Waals surface area contributed by atoms with Gasteiger partial charge in [-0.2, -0.15) is 5.10 Å². The molecule has 1 aliphatic heterocycles. The van der Waals surface area contributed by atoms with E-state index in [1.54, 1.807) is 6.07 Å². The Kier molecular flexibility index (Phi) is 5.81. The second-order valence-corrected chi connectivity index (χ2v) is 9.18. The van der Waals surface area contributed by atoms with Crippen molar-refractivity contribution in [2.75, 3.05) is 30.8 Å². The van der Waals surface area contributed by atoms with Crippen LogP contribution in [0.4, 0.5) is 14.6 Å². The molecule has 0 aromatic carbocycles. The molecule has 2 unspecified atom stereocenters. The molecule has 0 spiro atoms. The topological polar surface area (TPSA) is 117 Å². The average molecular weight is 452 g/mol. The summed E-state index contributed by atoms with van der Waals surface area (Å²) in [4.78, 5) is 14.9. The molecule has 0 bridgehead atoms. The van der Waals surface area contributed by atoms with E-state index in [-0.39, 0.29) is 24.3 Å². The fourth-order valence-corrected chi connectivity index (χ4v) is 4.07. The summed E-state index contributed by atoms with van der Waals surface area (Å²) in [5, 5.41) is 7.30. The Hall–Kier alpha value is -2.77. The predicted octanol–water partition coefficient (Wildman–Crippen LogP) is 0.840. The van der Waals surface area contributed by atoms with Crippen molar-refractivity contribution in [2.24, 2.45) is 0 Å². The number of piperazine rings is 1. The molecule has 1 aliphatic rings. The van der Waals surface area contributed by atoms with Gasteiger partial charge in [0.15, 0.2) is 5.65 Å². The highest BCUT2D eigenvalue weighted by Crippen LogP contribution is 2.25. The van der Waals surface area contributed by atoms with Gasteiger partial charge in [-0.3, -0.25) is 0 Å². The number of aromatic nitrogens is 5. The average Bonchev–Trinajstić information content (AvgIpc) is 3.16. The van der Waals surface area contributed by atoms with Crippen LogP contribution in [0.25, 0.3) is 17.0 Å². The van der Waals surface area contributed by atoms with Crippen LogP contribution in [0, 0.1) is 0 Å². The maximum atomic E-state index is 13.1. The third-order valence-electron chi connectivity index (χ3n) is 5.21. The minimum absolute atomic E-state index is 0.0588. The van der Waals surface area contributed by atoms with Crippen molar-refractivity contribution in [1.29, 1.82) is 0 Å². The van der Waals surface area contributed by atoms with Gasteiger partial charge in [-0.1, -0.05) is 0 Å². The number of halogens is 2. The summed E-state index contributed by atoms with van der Waals surface area (Å²) in [5.41, 5.74) is 1.05. The smallest absolute Gasteiger partial charge is 0.282 e. The van der Waals surface area contributed by atoms with Crippen molar-refractivity contribution >= 4 is 21.5 Å². The van der Waals surface area contributed by atoms with E-state index in [0.717, 1.165) is 6.26 Å². The van der Waals surface area contributed by atoms with E-state index in [1.165, 1.54) is 29.2 Å². The molecule has 1 saturated heterocycles. The highest BCUT2D eigenvalue weighted by atomic mass is 32.2. The van der Waals surface area contributed by atoms with Gasteiger partial charge in [-0.15, -0.1) is 0 Å². The van der Waals surface area contributed by atoms with Gasteiger partial charge in [-0.05, 0) is 19.1 Å².